The van der Waals surface area contributed by atoms with Crippen LogP contribution in [0.5, 0.6) is 0 Å². The molecule has 2 aromatic rings. The molecule has 12 nitrogen and oxygen atoms in total. The van der Waals surface area contributed by atoms with Crippen LogP contribution >= 0.6 is 0 Å². The van der Waals surface area contributed by atoms with Crippen LogP contribution in [0.15, 0.2) is 47.4 Å². The molecule has 0 radical (unpaired) electrons. The van der Waals surface area contributed by atoms with Gasteiger partial charge in [-0.25, -0.2) is 9.59 Å². The van der Waals surface area contributed by atoms with Gasteiger partial charge in [-0.3, -0.25) is 19.0 Å². The summed E-state index contributed by atoms with van der Waals surface area (Å²) in [6.07, 6.45) is 0.565. The van der Waals surface area contributed by atoms with Crippen LogP contribution in [-0.2, 0) is 20.9 Å². The molecule has 12 heteroatoms. The fourth-order valence-corrected chi connectivity index (χ4v) is 2.70. The van der Waals surface area contributed by atoms with Gasteiger partial charge < -0.3 is 25.4 Å². The van der Waals surface area contributed by atoms with E-state index in [0.29, 0.717) is 5.56 Å². The summed E-state index contributed by atoms with van der Waals surface area (Å²) in [5.41, 5.74) is -1.13. The molecule has 0 atom stereocenters. The summed E-state index contributed by atoms with van der Waals surface area (Å²) in [6, 6.07) is 9.69. The number of aromatic nitrogens is 2. The summed E-state index contributed by atoms with van der Waals surface area (Å²) < 4.78 is 6.07. The molecule has 0 bridgehead atoms. The van der Waals surface area contributed by atoms with Crippen LogP contribution in [0.1, 0.15) is 31.1 Å². The summed E-state index contributed by atoms with van der Waals surface area (Å²) in [7, 11) is 0. The van der Waals surface area contributed by atoms with Crippen molar-refractivity contribution in [2.24, 2.45) is 0 Å². The largest absolute Gasteiger partial charge is 0.480 e. The normalized spacial score (nSPS) is 10.8. The summed E-state index contributed by atoms with van der Waals surface area (Å²) in [5.74, 6) is -2.37. The molecule has 0 saturated heterocycles. The summed E-state index contributed by atoms with van der Waals surface area (Å²) in [4.78, 5) is 64.7. The van der Waals surface area contributed by atoms with Crippen molar-refractivity contribution in [3.8, 4) is 0 Å². The van der Waals surface area contributed by atoms with Crippen molar-refractivity contribution in [2.45, 2.75) is 32.9 Å². The number of hydrogen-bond donors (Lipinski definition) is 3. The van der Waals surface area contributed by atoms with Crippen molar-refractivity contribution in [1.82, 2.24) is 19.8 Å². The lowest BCUT2D eigenvalue weighted by atomic mass is 10.2. The predicted octanol–water partition coefficient (Wildman–Crippen LogP) is 0.933. The Morgan fingerprint density at radius 2 is 1.79 bits per heavy atom. The zero-order chi connectivity index (χ0) is 25.3. The number of rotatable bonds is 9. The van der Waals surface area contributed by atoms with E-state index in [-0.39, 0.29) is 18.9 Å². The van der Waals surface area contributed by atoms with Crippen LogP contribution in [-0.4, -0.2) is 68.7 Å². The number of nitrogens with one attached hydrogen (secondary N) is 2. The summed E-state index contributed by atoms with van der Waals surface area (Å²) in [5, 5.41) is 14.0. The highest BCUT2D eigenvalue weighted by Crippen LogP contribution is 2.07. The Bertz CT molecular complexity index is 1090. The Balaban J connectivity index is 1.99. The van der Waals surface area contributed by atoms with Gasteiger partial charge in [-0.05, 0) is 39.0 Å². The number of carboxylic acids is 1. The molecule has 1 aromatic carbocycles. The number of carboxylic acid groups (broad SMARTS) is 1. The lowest BCUT2D eigenvalue weighted by Gasteiger charge is -2.23. The van der Waals surface area contributed by atoms with Crippen LogP contribution in [0.2, 0.25) is 0 Å². The number of carbonyl (C=O) groups is 4. The van der Waals surface area contributed by atoms with E-state index in [4.69, 9.17) is 9.84 Å². The minimum absolute atomic E-state index is 0.00602. The van der Waals surface area contributed by atoms with Gasteiger partial charge in [0.15, 0.2) is 0 Å². The van der Waals surface area contributed by atoms with Gasteiger partial charge in [-0.15, -0.1) is 0 Å². The summed E-state index contributed by atoms with van der Waals surface area (Å²) >= 11 is 0. The molecular weight excluding hydrogens is 446 g/mol. The molecule has 2 rings (SSSR count). The second kappa shape index (κ2) is 11.6. The van der Waals surface area contributed by atoms with Gasteiger partial charge in [-0.1, -0.05) is 18.2 Å². The molecule has 182 valence electrons. The monoisotopic (exact) mass is 473 g/mol. The highest BCUT2D eigenvalue weighted by atomic mass is 16.6. The number of benzene rings is 1. The number of anilines is 1. The number of hydrogen-bond acceptors (Lipinski definition) is 7. The molecule has 0 aliphatic heterocycles. The van der Waals surface area contributed by atoms with Crippen molar-refractivity contribution >= 4 is 29.7 Å². The fourth-order valence-electron chi connectivity index (χ4n) is 2.70. The topological polar surface area (TPSA) is 160 Å². The standard InChI is InChI=1S/C22H27N5O7/c1-22(2,3)34-21(33)23-10-12-26(14-18(29)30)17(28)13-27-11-9-16(25-20(27)32)24-19(31)15-7-5-4-6-8-15/h4-9,11H,10,12-14H2,1-3H3,(H,23,33)(H,29,30)(H,24,25,31,32). The maximum absolute atomic E-state index is 12.6. The van der Waals surface area contributed by atoms with Crippen molar-refractivity contribution in [2.75, 3.05) is 25.0 Å². The minimum Gasteiger partial charge on any atom is -0.480 e. The van der Waals surface area contributed by atoms with Gasteiger partial charge in [-0.2, -0.15) is 4.98 Å². The third-order valence-electron chi connectivity index (χ3n) is 4.19. The molecule has 0 spiro atoms. The average molecular weight is 473 g/mol. The number of amides is 3. The highest BCUT2D eigenvalue weighted by Gasteiger charge is 2.20. The van der Waals surface area contributed by atoms with Gasteiger partial charge in [0.05, 0.1) is 0 Å². The van der Waals surface area contributed by atoms with E-state index in [1.54, 1.807) is 51.1 Å². The van der Waals surface area contributed by atoms with E-state index in [1.807, 2.05) is 0 Å². The Labute approximate surface area is 195 Å². The highest BCUT2D eigenvalue weighted by molar-refractivity contribution is 6.03. The van der Waals surface area contributed by atoms with Crippen molar-refractivity contribution in [1.29, 1.82) is 0 Å². The molecule has 1 aromatic heterocycles. The molecular formula is C22H27N5O7. The maximum Gasteiger partial charge on any atom is 0.407 e. The van der Waals surface area contributed by atoms with Gasteiger partial charge in [0.1, 0.15) is 24.5 Å². The van der Waals surface area contributed by atoms with E-state index in [2.05, 4.69) is 15.6 Å². The van der Waals surface area contributed by atoms with E-state index in [1.165, 1.54) is 12.3 Å². The molecule has 0 saturated carbocycles. The van der Waals surface area contributed by atoms with Crippen molar-refractivity contribution < 1.29 is 29.0 Å². The van der Waals surface area contributed by atoms with E-state index >= 15 is 0 Å². The molecule has 3 amide bonds. The van der Waals surface area contributed by atoms with E-state index in [0.717, 1.165) is 9.47 Å². The van der Waals surface area contributed by atoms with E-state index < -0.39 is 48.3 Å². The van der Waals surface area contributed by atoms with Crippen molar-refractivity contribution in [3.05, 3.63) is 58.6 Å². The zero-order valence-electron chi connectivity index (χ0n) is 19.1. The first-order chi connectivity index (χ1) is 15.9. The Morgan fingerprint density at radius 1 is 1.12 bits per heavy atom. The first-order valence-electron chi connectivity index (χ1n) is 10.3. The van der Waals surface area contributed by atoms with Gasteiger partial charge in [0.2, 0.25) is 5.91 Å². The van der Waals surface area contributed by atoms with Crippen LogP contribution in [0.4, 0.5) is 10.6 Å². The molecule has 0 aliphatic rings. The molecule has 1 heterocycles. The fraction of sp³-hybridized carbons (Fsp3) is 0.364. The number of carbonyl (C=O) groups excluding carboxylic acids is 3. The van der Waals surface area contributed by atoms with Gasteiger partial charge in [0.25, 0.3) is 5.91 Å². The Morgan fingerprint density at radius 3 is 2.38 bits per heavy atom. The second-order valence-corrected chi connectivity index (χ2v) is 8.18. The van der Waals surface area contributed by atoms with Crippen molar-refractivity contribution in [3.63, 3.8) is 0 Å². The zero-order valence-corrected chi connectivity index (χ0v) is 19.1. The Kier molecular flexibility index (Phi) is 8.87. The molecule has 34 heavy (non-hydrogen) atoms. The third-order valence-corrected chi connectivity index (χ3v) is 4.19. The lowest BCUT2D eigenvalue weighted by molar-refractivity contribution is -0.144. The van der Waals surface area contributed by atoms with Crippen LogP contribution < -0.4 is 16.3 Å². The van der Waals surface area contributed by atoms with Crippen LogP contribution in [0, 0.1) is 0 Å². The molecule has 3 N–H and O–H groups in total. The average Bonchev–Trinajstić information content (AvgIpc) is 2.74. The van der Waals surface area contributed by atoms with Crippen LogP contribution in [0.3, 0.4) is 0 Å². The molecule has 0 aliphatic carbocycles. The second-order valence-electron chi connectivity index (χ2n) is 8.18. The Hall–Kier alpha value is -4.22. The lowest BCUT2D eigenvalue weighted by Crippen LogP contribution is -2.44. The first-order valence-corrected chi connectivity index (χ1v) is 10.3. The number of ether oxygens (including phenoxy) is 1. The number of alkyl carbamates (subject to hydrolysis) is 1. The van der Waals surface area contributed by atoms with Gasteiger partial charge >= 0.3 is 17.8 Å². The number of aliphatic carboxylic acids is 1. The maximum atomic E-state index is 12.6. The number of nitrogens with zero attached hydrogens (tertiary/aromatic N) is 3. The summed E-state index contributed by atoms with van der Waals surface area (Å²) in [6.45, 7) is 3.81. The minimum atomic E-state index is -1.25. The van der Waals surface area contributed by atoms with Gasteiger partial charge in [0, 0.05) is 24.8 Å². The quantitative estimate of drug-likeness (QED) is 0.485. The van der Waals surface area contributed by atoms with E-state index in [9.17, 15) is 24.0 Å². The third kappa shape index (κ3) is 8.73. The first kappa shape index (κ1) is 26.0. The van der Waals surface area contributed by atoms with Crippen LogP contribution in [0.25, 0.3) is 0 Å². The molecule has 0 unspecified atom stereocenters. The SMILES string of the molecule is CC(C)(C)OC(=O)NCCN(CC(=O)O)C(=O)Cn1ccc(NC(=O)c2ccccc2)nc1=O. The smallest absolute Gasteiger partial charge is 0.407 e. The predicted molar refractivity (Wildman–Crippen MR) is 121 cm³/mol. The molecule has 0 fully saturated rings.